The second kappa shape index (κ2) is 4.84. The number of nitrogens with zero attached hydrogens (tertiary/aromatic N) is 2. The average Bonchev–Trinajstić information content (AvgIpc) is 2.55. The van der Waals surface area contributed by atoms with Gasteiger partial charge in [0.2, 0.25) is 0 Å². The lowest BCUT2D eigenvalue weighted by Crippen LogP contribution is -2.32. The Morgan fingerprint density at radius 2 is 2.21 bits per heavy atom. The molecule has 0 bridgehead atoms. The van der Waals surface area contributed by atoms with E-state index in [0.717, 1.165) is 13.0 Å². The molecule has 0 aliphatic carbocycles. The van der Waals surface area contributed by atoms with Gasteiger partial charge in [-0.3, -0.25) is 0 Å². The van der Waals surface area contributed by atoms with Crippen LogP contribution in [0.3, 0.4) is 0 Å². The standard InChI is InChI=1S/C10H19N3S/c1-5-6-11-9(10(2,3)4)8-7-12-13-14-8/h7,9,11H,5-6H2,1-4H3. The molecule has 0 radical (unpaired) electrons. The molecule has 14 heavy (non-hydrogen) atoms. The molecule has 4 heteroatoms. The zero-order valence-corrected chi connectivity index (χ0v) is 10.2. The van der Waals surface area contributed by atoms with E-state index in [2.05, 4.69) is 42.6 Å². The van der Waals surface area contributed by atoms with Crippen molar-refractivity contribution in [3.8, 4) is 0 Å². The molecule has 0 amide bonds. The summed E-state index contributed by atoms with van der Waals surface area (Å²) in [5.41, 5.74) is 0.212. The number of hydrogen-bond acceptors (Lipinski definition) is 4. The molecule has 0 spiro atoms. The summed E-state index contributed by atoms with van der Waals surface area (Å²) in [7, 11) is 0. The van der Waals surface area contributed by atoms with E-state index in [9.17, 15) is 0 Å². The first-order chi connectivity index (χ1) is 6.55. The van der Waals surface area contributed by atoms with Gasteiger partial charge in [0.15, 0.2) is 0 Å². The first-order valence-electron chi connectivity index (χ1n) is 5.06. The molecule has 1 rings (SSSR count). The molecule has 0 aliphatic rings. The van der Waals surface area contributed by atoms with Crippen LogP contribution in [0.1, 0.15) is 45.0 Å². The molecular formula is C10H19N3S. The maximum atomic E-state index is 3.92. The Morgan fingerprint density at radius 3 is 2.64 bits per heavy atom. The summed E-state index contributed by atoms with van der Waals surface area (Å²) in [6.45, 7) is 9.93. The molecule has 3 nitrogen and oxygen atoms in total. The van der Waals surface area contributed by atoms with E-state index in [0.29, 0.717) is 6.04 Å². The highest BCUT2D eigenvalue weighted by atomic mass is 32.1. The van der Waals surface area contributed by atoms with Crippen molar-refractivity contribution in [3.63, 3.8) is 0 Å². The fraction of sp³-hybridized carbons (Fsp3) is 0.800. The summed E-state index contributed by atoms with van der Waals surface area (Å²) >= 11 is 1.48. The Kier molecular flexibility index (Phi) is 4.01. The van der Waals surface area contributed by atoms with Crippen LogP contribution >= 0.6 is 11.5 Å². The second-order valence-corrected chi connectivity index (χ2v) is 5.39. The fourth-order valence-corrected chi connectivity index (χ4v) is 2.25. The van der Waals surface area contributed by atoms with Crippen LogP contribution < -0.4 is 5.32 Å². The van der Waals surface area contributed by atoms with Crippen LogP contribution in [0.4, 0.5) is 0 Å². The zero-order chi connectivity index (χ0) is 10.6. The quantitative estimate of drug-likeness (QED) is 0.835. The third-order valence-electron chi connectivity index (χ3n) is 2.13. The van der Waals surface area contributed by atoms with Gasteiger partial charge in [-0.25, -0.2) is 0 Å². The summed E-state index contributed by atoms with van der Waals surface area (Å²) in [4.78, 5) is 1.23. The van der Waals surface area contributed by atoms with Crippen LogP contribution in [0.5, 0.6) is 0 Å². The maximum Gasteiger partial charge on any atom is 0.0669 e. The molecule has 0 aliphatic heterocycles. The van der Waals surface area contributed by atoms with Crippen molar-refractivity contribution >= 4 is 11.5 Å². The highest BCUT2D eigenvalue weighted by Gasteiger charge is 2.26. The molecule has 1 aromatic rings. The van der Waals surface area contributed by atoms with Gasteiger partial charge in [0, 0.05) is 6.04 Å². The molecule has 0 saturated carbocycles. The van der Waals surface area contributed by atoms with Crippen molar-refractivity contribution in [2.24, 2.45) is 5.41 Å². The highest BCUT2D eigenvalue weighted by Crippen LogP contribution is 2.33. The van der Waals surface area contributed by atoms with Crippen LogP contribution in [0, 0.1) is 5.41 Å². The van der Waals surface area contributed by atoms with E-state index in [-0.39, 0.29) is 5.41 Å². The van der Waals surface area contributed by atoms with Crippen molar-refractivity contribution < 1.29 is 0 Å². The molecular weight excluding hydrogens is 194 g/mol. The van der Waals surface area contributed by atoms with Crippen LogP contribution in [0.2, 0.25) is 0 Å². The summed E-state index contributed by atoms with van der Waals surface area (Å²) < 4.78 is 3.92. The van der Waals surface area contributed by atoms with Crippen LogP contribution in [-0.2, 0) is 0 Å². The highest BCUT2D eigenvalue weighted by molar-refractivity contribution is 7.05. The van der Waals surface area contributed by atoms with E-state index >= 15 is 0 Å². The fourth-order valence-electron chi connectivity index (χ4n) is 1.42. The summed E-state index contributed by atoms with van der Waals surface area (Å²) in [5, 5.41) is 7.44. The largest absolute Gasteiger partial charge is 0.309 e. The number of hydrogen-bond donors (Lipinski definition) is 1. The predicted octanol–water partition coefficient (Wildman–Crippen LogP) is 2.62. The van der Waals surface area contributed by atoms with Gasteiger partial charge in [0.05, 0.1) is 11.1 Å². The van der Waals surface area contributed by atoms with E-state index in [1.807, 2.05) is 6.20 Å². The third kappa shape index (κ3) is 3.03. The lowest BCUT2D eigenvalue weighted by molar-refractivity contribution is 0.277. The van der Waals surface area contributed by atoms with Gasteiger partial charge in [-0.1, -0.05) is 32.2 Å². The Hall–Kier alpha value is -0.480. The van der Waals surface area contributed by atoms with E-state index in [4.69, 9.17) is 0 Å². The van der Waals surface area contributed by atoms with Crippen LogP contribution in [0.25, 0.3) is 0 Å². The number of aromatic nitrogens is 2. The number of nitrogens with one attached hydrogen (secondary N) is 1. The first kappa shape index (κ1) is 11.6. The molecule has 0 aromatic carbocycles. The molecule has 1 heterocycles. The Morgan fingerprint density at radius 1 is 1.50 bits per heavy atom. The minimum atomic E-state index is 0.212. The third-order valence-corrected chi connectivity index (χ3v) is 2.86. The van der Waals surface area contributed by atoms with Crippen LogP contribution in [-0.4, -0.2) is 16.1 Å². The lowest BCUT2D eigenvalue weighted by atomic mass is 9.86. The zero-order valence-electron chi connectivity index (χ0n) is 9.37. The van der Waals surface area contributed by atoms with Gasteiger partial charge in [0.25, 0.3) is 0 Å². The number of rotatable bonds is 4. The predicted molar refractivity (Wildman–Crippen MR) is 60.4 cm³/mol. The Balaban J connectivity index is 2.73. The smallest absolute Gasteiger partial charge is 0.0669 e. The minimum Gasteiger partial charge on any atom is -0.309 e. The van der Waals surface area contributed by atoms with E-state index < -0.39 is 0 Å². The average molecular weight is 213 g/mol. The molecule has 0 fully saturated rings. The van der Waals surface area contributed by atoms with Crippen molar-refractivity contribution in [1.82, 2.24) is 14.9 Å². The van der Waals surface area contributed by atoms with Gasteiger partial charge < -0.3 is 5.32 Å². The van der Waals surface area contributed by atoms with Gasteiger partial charge in [-0.2, -0.15) is 0 Å². The molecule has 1 atom stereocenters. The van der Waals surface area contributed by atoms with E-state index in [1.165, 1.54) is 16.4 Å². The summed E-state index contributed by atoms with van der Waals surface area (Å²) in [6, 6.07) is 0.363. The molecule has 80 valence electrons. The topological polar surface area (TPSA) is 37.8 Å². The molecule has 1 aromatic heterocycles. The summed E-state index contributed by atoms with van der Waals surface area (Å²) in [5.74, 6) is 0. The van der Waals surface area contributed by atoms with Crippen molar-refractivity contribution in [2.45, 2.75) is 40.2 Å². The summed E-state index contributed by atoms with van der Waals surface area (Å²) in [6.07, 6.45) is 3.02. The van der Waals surface area contributed by atoms with E-state index in [1.54, 1.807) is 0 Å². The SMILES string of the molecule is CCCNC(c1cnns1)C(C)(C)C. The minimum absolute atomic E-state index is 0.212. The molecule has 1 unspecified atom stereocenters. The van der Waals surface area contributed by atoms with Crippen LogP contribution in [0.15, 0.2) is 6.20 Å². The van der Waals surface area contributed by atoms with Gasteiger partial charge >= 0.3 is 0 Å². The van der Waals surface area contributed by atoms with Gasteiger partial charge in [-0.05, 0) is 29.9 Å². The van der Waals surface area contributed by atoms with Crippen molar-refractivity contribution in [3.05, 3.63) is 11.1 Å². The maximum absolute atomic E-state index is 3.92. The van der Waals surface area contributed by atoms with Crippen molar-refractivity contribution in [2.75, 3.05) is 6.54 Å². The van der Waals surface area contributed by atoms with Gasteiger partial charge in [0.1, 0.15) is 0 Å². The first-order valence-corrected chi connectivity index (χ1v) is 5.83. The Bertz CT molecular complexity index is 251. The monoisotopic (exact) mass is 213 g/mol. The second-order valence-electron chi connectivity index (χ2n) is 4.57. The molecule has 0 saturated heterocycles. The Labute approximate surface area is 90.1 Å². The van der Waals surface area contributed by atoms with Gasteiger partial charge in [-0.15, -0.1) is 5.10 Å². The molecule has 1 N–H and O–H groups in total. The normalized spacial score (nSPS) is 14.3. The van der Waals surface area contributed by atoms with Crippen molar-refractivity contribution in [1.29, 1.82) is 0 Å². The lowest BCUT2D eigenvalue weighted by Gasteiger charge is -2.30.